The monoisotopic (exact) mass is 470 g/mol. The largest absolute Gasteiger partial charge is 0.507 e. The van der Waals surface area contributed by atoms with Gasteiger partial charge in [-0.3, -0.25) is 0 Å². The molecule has 1 aliphatic rings. The first-order chi connectivity index (χ1) is 15.9. The minimum atomic E-state index is -0.105. The summed E-state index contributed by atoms with van der Waals surface area (Å²) in [5, 5.41) is 10.8. The first kappa shape index (κ1) is 28.8. The van der Waals surface area contributed by atoms with Gasteiger partial charge in [0.2, 0.25) is 0 Å². The van der Waals surface area contributed by atoms with Crippen LogP contribution in [0, 0.1) is 31.6 Å². The van der Waals surface area contributed by atoms with Crippen LogP contribution in [0.25, 0.3) is 0 Å². The Bertz CT molecular complexity index is 806. The highest BCUT2D eigenvalue weighted by molar-refractivity contribution is 5.59. The molecule has 2 nitrogen and oxygen atoms in total. The molecule has 0 saturated carbocycles. The highest BCUT2D eigenvalue weighted by atomic mass is 16.5. The SMILES string of the molecule is C=C(C)Cc1c(O)c(C)c(C)c2c1CCC(C)(CCCC(C)CCCC(C)CCCC(C)C)O2. The van der Waals surface area contributed by atoms with Crippen molar-refractivity contribution < 1.29 is 9.84 Å². The van der Waals surface area contributed by atoms with E-state index in [2.05, 4.69) is 48.1 Å². The second kappa shape index (κ2) is 13.0. The Morgan fingerprint density at radius 2 is 1.50 bits per heavy atom. The third-order valence-electron chi connectivity index (χ3n) is 8.19. The molecule has 3 unspecified atom stereocenters. The number of ether oxygens (including phenoxy) is 1. The zero-order chi connectivity index (χ0) is 25.5. The maximum atomic E-state index is 10.8. The van der Waals surface area contributed by atoms with Crippen molar-refractivity contribution >= 4 is 0 Å². The van der Waals surface area contributed by atoms with Crippen molar-refractivity contribution in [2.75, 3.05) is 0 Å². The lowest BCUT2D eigenvalue weighted by Crippen LogP contribution is -2.37. The predicted molar refractivity (Wildman–Crippen MR) is 148 cm³/mol. The van der Waals surface area contributed by atoms with E-state index in [4.69, 9.17) is 4.74 Å². The molecule has 0 radical (unpaired) electrons. The molecule has 1 aliphatic heterocycles. The van der Waals surface area contributed by atoms with Gasteiger partial charge in [0.25, 0.3) is 0 Å². The number of hydrogen-bond acceptors (Lipinski definition) is 2. The molecule has 0 fully saturated rings. The van der Waals surface area contributed by atoms with Gasteiger partial charge in [-0.05, 0) is 88.7 Å². The van der Waals surface area contributed by atoms with Crippen molar-refractivity contribution in [3.05, 3.63) is 34.4 Å². The van der Waals surface area contributed by atoms with E-state index < -0.39 is 0 Å². The van der Waals surface area contributed by atoms with Crippen LogP contribution < -0.4 is 4.74 Å². The highest BCUT2D eigenvalue weighted by Crippen LogP contribution is 2.45. The second-order valence-corrected chi connectivity index (χ2v) is 12.4. The lowest BCUT2D eigenvalue weighted by atomic mass is 9.82. The van der Waals surface area contributed by atoms with E-state index in [1.54, 1.807) is 0 Å². The number of rotatable bonds is 14. The fourth-order valence-corrected chi connectivity index (χ4v) is 5.64. The van der Waals surface area contributed by atoms with E-state index >= 15 is 0 Å². The van der Waals surface area contributed by atoms with Crippen LogP contribution in [-0.4, -0.2) is 10.7 Å². The molecule has 0 bridgehead atoms. The van der Waals surface area contributed by atoms with Crippen molar-refractivity contribution in [2.45, 2.75) is 138 Å². The summed E-state index contributed by atoms with van der Waals surface area (Å²) in [6.07, 6.45) is 14.6. The molecule has 1 aromatic rings. The van der Waals surface area contributed by atoms with E-state index in [0.717, 1.165) is 71.4 Å². The van der Waals surface area contributed by atoms with Gasteiger partial charge in [0.15, 0.2) is 0 Å². The number of phenolic OH excluding ortho intramolecular Hbond substituents is 1. The van der Waals surface area contributed by atoms with E-state index in [1.807, 2.05) is 13.8 Å². The molecule has 1 aromatic carbocycles. The summed E-state index contributed by atoms with van der Waals surface area (Å²) in [6.45, 7) is 22.0. The molecule has 2 rings (SSSR count). The van der Waals surface area contributed by atoms with Crippen LogP contribution in [-0.2, 0) is 12.8 Å². The van der Waals surface area contributed by atoms with Crippen molar-refractivity contribution in [1.82, 2.24) is 0 Å². The van der Waals surface area contributed by atoms with Gasteiger partial charge in [0, 0.05) is 11.1 Å². The van der Waals surface area contributed by atoms with Crippen LogP contribution >= 0.6 is 0 Å². The summed E-state index contributed by atoms with van der Waals surface area (Å²) in [6, 6.07) is 0. The van der Waals surface area contributed by atoms with Crippen LogP contribution in [0.5, 0.6) is 11.5 Å². The van der Waals surface area contributed by atoms with Crippen molar-refractivity contribution in [2.24, 2.45) is 17.8 Å². The fourth-order valence-electron chi connectivity index (χ4n) is 5.64. The van der Waals surface area contributed by atoms with E-state index in [-0.39, 0.29) is 5.60 Å². The van der Waals surface area contributed by atoms with Crippen LogP contribution in [0.4, 0.5) is 0 Å². The summed E-state index contributed by atoms with van der Waals surface area (Å²) >= 11 is 0. The summed E-state index contributed by atoms with van der Waals surface area (Å²) in [5.74, 6) is 3.98. The Labute approximate surface area is 211 Å². The molecular formula is C32H54O2. The topological polar surface area (TPSA) is 29.5 Å². The van der Waals surface area contributed by atoms with Gasteiger partial charge in [0.1, 0.15) is 17.1 Å². The standard InChI is InChI=1S/C32H54O2/c1-22(2)13-10-14-24(5)15-11-16-25(6)17-12-19-32(9)20-18-28-29(21-23(3)4)30(33)26(7)27(8)31(28)34-32/h22,24-25,33H,3,10-21H2,1-2,4-9H3. The van der Waals surface area contributed by atoms with Gasteiger partial charge >= 0.3 is 0 Å². The summed E-state index contributed by atoms with van der Waals surface area (Å²) in [7, 11) is 0. The molecule has 0 aromatic heterocycles. The van der Waals surface area contributed by atoms with Gasteiger partial charge in [-0.1, -0.05) is 84.8 Å². The van der Waals surface area contributed by atoms with Crippen molar-refractivity contribution in [3.63, 3.8) is 0 Å². The molecule has 34 heavy (non-hydrogen) atoms. The molecule has 3 atom stereocenters. The average molecular weight is 471 g/mol. The summed E-state index contributed by atoms with van der Waals surface area (Å²) in [4.78, 5) is 0. The minimum absolute atomic E-state index is 0.105. The van der Waals surface area contributed by atoms with Gasteiger partial charge in [-0.25, -0.2) is 0 Å². The number of aromatic hydroxyl groups is 1. The first-order valence-corrected chi connectivity index (χ1v) is 14.1. The van der Waals surface area contributed by atoms with Crippen molar-refractivity contribution in [3.8, 4) is 11.5 Å². The summed E-state index contributed by atoms with van der Waals surface area (Å²) < 4.78 is 6.72. The molecular weight excluding hydrogens is 416 g/mol. The lowest BCUT2D eigenvalue weighted by molar-refractivity contribution is 0.0511. The van der Waals surface area contributed by atoms with Crippen LogP contribution in [0.1, 0.15) is 128 Å². The Morgan fingerprint density at radius 3 is 2.06 bits per heavy atom. The molecule has 0 spiro atoms. The fraction of sp³-hybridized carbons (Fsp3) is 0.750. The number of benzene rings is 1. The van der Waals surface area contributed by atoms with Gasteiger partial charge in [-0.2, -0.15) is 0 Å². The van der Waals surface area contributed by atoms with E-state index in [0.29, 0.717) is 5.75 Å². The summed E-state index contributed by atoms with van der Waals surface area (Å²) in [5.41, 5.74) is 5.25. The molecule has 0 saturated heterocycles. The zero-order valence-electron chi connectivity index (χ0n) is 23.8. The Balaban J connectivity index is 1.84. The molecule has 1 N–H and O–H groups in total. The number of allylic oxidation sites excluding steroid dienone is 1. The second-order valence-electron chi connectivity index (χ2n) is 12.4. The highest BCUT2D eigenvalue weighted by Gasteiger charge is 2.34. The molecule has 1 heterocycles. The van der Waals surface area contributed by atoms with Gasteiger partial charge in [0.05, 0.1) is 0 Å². The smallest absolute Gasteiger partial charge is 0.127 e. The van der Waals surface area contributed by atoms with Crippen LogP contribution in [0.15, 0.2) is 12.2 Å². The van der Waals surface area contributed by atoms with E-state index in [1.165, 1.54) is 56.9 Å². The average Bonchev–Trinajstić information content (AvgIpc) is 2.75. The number of fused-ring (bicyclic) bond motifs is 1. The Hall–Kier alpha value is -1.44. The lowest BCUT2D eigenvalue weighted by Gasteiger charge is -2.38. The van der Waals surface area contributed by atoms with Gasteiger partial charge in [-0.15, -0.1) is 0 Å². The van der Waals surface area contributed by atoms with Gasteiger partial charge < -0.3 is 9.84 Å². The maximum absolute atomic E-state index is 10.8. The third kappa shape index (κ3) is 8.35. The van der Waals surface area contributed by atoms with E-state index in [9.17, 15) is 5.11 Å². The molecule has 0 amide bonds. The number of phenols is 1. The normalized spacial score (nSPS) is 19.6. The molecule has 194 valence electrons. The Kier molecular flexibility index (Phi) is 11.0. The Morgan fingerprint density at radius 1 is 0.941 bits per heavy atom. The molecule has 0 aliphatic carbocycles. The zero-order valence-corrected chi connectivity index (χ0v) is 23.8. The molecule has 2 heteroatoms. The first-order valence-electron chi connectivity index (χ1n) is 14.1. The number of hydrogen-bond donors (Lipinski definition) is 1. The predicted octanol–water partition coefficient (Wildman–Crippen LogP) is 9.65. The minimum Gasteiger partial charge on any atom is -0.507 e. The van der Waals surface area contributed by atoms with Crippen LogP contribution in [0.2, 0.25) is 0 Å². The van der Waals surface area contributed by atoms with Crippen LogP contribution in [0.3, 0.4) is 0 Å². The third-order valence-corrected chi connectivity index (χ3v) is 8.19. The van der Waals surface area contributed by atoms with Crippen molar-refractivity contribution in [1.29, 1.82) is 0 Å². The maximum Gasteiger partial charge on any atom is 0.127 e. The quantitative estimate of drug-likeness (QED) is 0.274.